The second-order valence-electron chi connectivity index (χ2n) is 5.70. The molecule has 1 saturated carbocycles. The van der Waals surface area contributed by atoms with Crippen LogP contribution in [0.4, 0.5) is 5.69 Å². The molecule has 112 valence electrons. The molecule has 0 spiro atoms. The van der Waals surface area contributed by atoms with E-state index in [0.29, 0.717) is 22.7 Å². The molecule has 2 unspecified atom stereocenters. The lowest BCUT2D eigenvalue weighted by atomic mass is 9.83. The SMILES string of the molecule is CCC1CCCCC1n1nnnc1-c1ccc(N)c(Cl)c1. The Labute approximate surface area is 129 Å². The van der Waals surface area contributed by atoms with Gasteiger partial charge in [-0.3, -0.25) is 0 Å². The maximum absolute atomic E-state index is 6.12. The third kappa shape index (κ3) is 2.75. The highest BCUT2D eigenvalue weighted by Crippen LogP contribution is 2.37. The summed E-state index contributed by atoms with van der Waals surface area (Å²) in [6.07, 6.45) is 6.10. The normalized spacial score (nSPS) is 22.4. The fraction of sp³-hybridized carbons (Fsp3) is 0.533. The average molecular weight is 306 g/mol. The van der Waals surface area contributed by atoms with Crippen molar-refractivity contribution in [3.05, 3.63) is 23.2 Å². The Kier molecular flexibility index (Phi) is 4.10. The summed E-state index contributed by atoms with van der Waals surface area (Å²) in [4.78, 5) is 0. The van der Waals surface area contributed by atoms with Crippen LogP contribution < -0.4 is 5.73 Å². The number of anilines is 1. The van der Waals surface area contributed by atoms with E-state index in [9.17, 15) is 0 Å². The molecule has 21 heavy (non-hydrogen) atoms. The summed E-state index contributed by atoms with van der Waals surface area (Å²) in [6, 6.07) is 5.94. The van der Waals surface area contributed by atoms with Crippen LogP contribution in [0, 0.1) is 5.92 Å². The molecule has 2 N–H and O–H groups in total. The van der Waals surface area contributed by atoms with E-state index in [-0.39, 0.29) is 0 Å². The Morgan fingerprint density at radius 2 is 2.14 bits per heavy atom. The van der Waals surface area contributed by atoms with Crippen molar-refractivity contribution in [2.45, 2.75) is 45.1 Å². The minimum absolute atomic E-state index is 0.380. The highest BCUT2D eigenvalue weighted by Gasteiger charge is 2.28. The van der Waals surface area contributed by atoms with Crippen LogP contribution in [0.5, 0.6) is 0 Å². The van der Waals surface area contributed by atoms with Gasteiger partial charge in [0.1, 0.15) is 0 Å². The molecule has 5 nitrogen and oxygen atoms in total. The Morgan fingerprint density at radius 3 is 2.90 bits per heavy atom. The molecular formula is C15H20ClN5. The van der Waals surface area contributed by atoms with E-state index >= 15 is 0 Å². The van der Waals surface area contributed by atoms with Gasteiger partial charge in [-0.05, 0) is 47.4 Å². The lowest BCUT2D eigenvalue weighted by Crippen LogP contribution is -2.24. The molecule has 1 heterocycles. The fourth-order valence-electron chi connectivity index (χ4n) is 3.26. The van der Waals surface area contributed by atoms with Crippen LogP contribution >= 0.6 is 11.6 Å². The second kappa shape index (κ2) is 6.02. The van der Waals surface area contributed by atoms with E-state index < -0.39 is 0 Å². The fourth-order valence-corrected chi connectivity index (χ4v) is 3.44. The lowest BCUT2D eigenvalue weighted by molar-refractivity contribution is 0.216. The van der Waals surface area contributed by atoms with Crippen molar-refractivity contribution in [2.24, 2.45) is 5.92 Å². The number of aromatic nitrogens is 4. The zero-order valence-electron chi connectivity index (χ0n) is 12.2. The quantitative estimate of drug-likeness (QED) is 0.877. The Morgan fingerprint density at radius 1 is 1.33 bits per heavy atom. The van der Waals surface area contributed by atoms with Gasteiger partial charge < -0.3 is 5.73 Å². The zero-order valence-corrected chi connectivity index (χ0v) is 12.9. The van der Waals surface area contributed by atoms with E-state index in [2.05, 4.69) is 22.4 Å². The first-order valence-corrected chi connectivity index (χ1v) is 7.91. The Bertz CT molecular complexity index is 624. The summed E-state index contributed by atoms with van der Waals surface area (Å²) < 4.78 is 1.98. The van der Waals surface area contributed by atoms with Gasteiger partial charge in [-0.25, -0.2) is 4.68 Å². The van der Waals surface area contributed by atoms with E-state index in [0.717, 1.165) is 24.2 Å². The first kappa shape index (κ1) is 14.3. The van der Waals surface area contributed by atoms with Crippen LogP contribution in [0.3, 0.4) is 0 Å². The predicted molar refractivity (Wildman–Crippen MR) is 84.0 cm³/mol. The average Bonchev–Trinajstić information content (AvgIpc) is 2.99. The molecule has 1 aromatic carbocycles. The second-order valence-corrected chi connectivity index (χ2v) is 6.11. The molecule has 1 fully saturated rings. The minimum Gasteiger partial charge on any atom is -0.398 e. The monoisotopic (exact) mass is 305 g/mol. The summed E-state index contributed by atoms with van der Waals surface area (Å²) in [6.45, 7) is 2.24. The van der Waals surface area contributed by atoms with Crippen LogP contribution in [-0.2, 0) is 0 Å². The summed E-state index contributed by atoms with van der Waals surface area (Å²) in [7, 11) is 0. The molecule has 1 aliphatic rings. The predicted octanol–water partition coefficient (Wildman–Crippen LogP) is 3.72. The minimum atomic E-state index is 0.380. The highest BCUT2D eigenvalue weighted by atomic mass is 35.5. The van der Waals surface area contributed by atoms with Crippen molar-refractivity contribution in [3.8, 4) is 11.4 Å². The van der Waals surface area contributed by atoms with Crippen LogP contribution in [0.2, 0.25) is 5.02 Å². The number of hydrogen-bond donors (Lipinski definition) is 1. The molecule has 6 heteroatoms. The van der Waals surface area contributed by atoms with Gasteiger partial charge in [0.25, 0.3) is 0 Å². The van der Waals surface area contributed by atoms with Crippen molar-refractivity contribution in [2.75, 3.05) is 5.73 Å². The maximum Gasteiger partial charge on any atom is 0.182 e. The summed E-state index contributed by atoms with van der Waals surface area (Å²) in [5, 5.41) is 12.9. The summed E-state index contributed by atoms with van der Waals surface area (Å²) in [5.41, 5.74) is 7.27. The molecule has 0 saturated heterocycles. The number of nitrogens with two attached hydrogens (primary N) is 1. The van der Waals surface area contributed by atoms with Crippen LogP contribution in [0.15, 0.2) is 18.2 Å². The first-order chi connectivity index (χ1) is 10.2. The van der Waals surface area contributed by atoms with Gasteiger partial charge in [-0.15, -0.1) is 5.10 Å². The topological polar surface area (TPSA) is 69.6 Å². The number of hydrogen-bond acceptors (Lipinski definition) is 4. The van der Waals surface area contributed by atoms with Gasteiger partial charge in [-0.2, -0.15) is 0 Å². The van der Waals surface area contributed by atoms with Crippen LogP contribution in [0.1, 0.15) is 45.1 Å². The van der Waals surface area contributed by atoms with Crippen LogP contribution in [0.25, 0.3) is 11.4 Å². The van der Waals surface area contributed by atoms with Crippen molar-refractivity contribution in [3.63, 3.8) is 0 Å². The van der Waals surface area contributed by atoms with Crippen molar-refractivity contribution in [1.82, 2.24) is 20.2 Å². The number of nitrogen functional groups attached to an aromatic ring is 1. The summed E-state index contributed by atoms with van der Waals surface area (Å²) >= 11 is 6.12. The molecule has 0 radical (unpaired) electrons. The van der Waals surface area contributed by atoms with E-state index in [1.165, 1.54) is 19.3 Å². The molecular weight excluding hydrogens is 286 g/mol. The molecule has 2 atom stereocenters. The van der Waals surface area contributed by atoms with Gasteiger partial charge in [0.05, 0.1) is 16.8 Å². The van der Waals surface area contributed by atoms with E-state index in [1.807, 2.05) is 16.8 Å². The molecule has 3 rings (SSSR count). The van der Waals surface area contributed by atoms with Crippen molar-refractivity contribution in [1.29, 1.82) is 0 Å². The third-order valence-electron chi connectivity index (χ3n) is 4.46. The van der Waals surface area contributed by atoms with Gasteiger partial charge in [0.15, 0.2) is 5.82 Å². The standard InChI is InChI=1S/C15H20ClN5/c1-2-10-5-3-4-6-14(10)21-15(18-19-20-21)11-7-8-13(17)12(16)9-11/h7-10,14H,2-6,17H2,1H3. The largest absolute Gasteiger partial charge is 0.398 e. The third-order valence-corrected chi connectivity index (χ3v) is 4.79. The number of benzene rings is 1. The van der Waals surface area contributed by atoms with Gasteiger partial charge in [-0.1, -0.05) is 37.8 Å². The Balaban J connectivity index is 1.98. The highest BCUT2D eigenvalue weighted by molar-refractivity contribution is 6.33. The van der Waals surface area contributed by atoms with Gasteiger partial charge >= 0.3 is 0 Å². The number of rotatable bonds is 3. The van der Waals surface area contributed by atoms with E-state index in [4.69, 9.17) is 17.3 Å². The molecule has 1 aromatic heterocycles. The first-order valence-electron chi connectivity index (χ1n) is 7.54. The number of nitrogens with zero attached hydrogens (tertiary/aromatic N) is 4. The smallest absolute Gasteiger partial charge is 0.182 e. The molecule has 1 aliphatic carbocycles. The van der Waals surface area contributed by atoms with E-state index in [1.54, 1.807) is 6.07 Å². The number of halogens is 1. The molecule has 0 bridgehead atoms. The van der Waals surface area contributed by atoms with Crippen molar-refractivity contribution >= 4 is 17.3 Å². The molecule has 0 amide bonds. The van der Waals surface area contributed by atoms with Crippen LogP contribution in [-0.4, -0.2) is 20.2 Å². The summed E-state index contributed by atoms with van der Waals surface area (Å²) in [5.74, 6) is 1.42. The zero-order chi connectivity index (χ0) is 14.8. The molecule has 0 aliphatic heterocycles. The molecule has 2 aromatic rings. The maximum atomic E-state index is 6.12. The lowest BCUT2D eigenvalue weighted by Gasteiger charge is -2.31. The van der Waals surface area contributed by atoms with Crippen molar-refractivity contribution < 1.29 is 0 Å². The van der Waals surface area contributed by atoms with Gasteiger partial charge in [0, 0.05) is 5.56 Å². The number of tetrazole rings is 1. The Hall–Kier alpha value is -1.62. The van der Waals surface area contributed by atoms with Gasteiger partial charge in [0.2, 0.25) is 0 Å².